The van der Waals surface area contributed by atoms with Crippen LogP contribution in [0.2, 0.25) is 0 Å². The summed E-state index contributed by atoms with van der Waals surface area (Å²) >= 11 is 0. The van der Waals surface area contributed by atoms with Gasteiger partial charge in [0.15, 0.2) is 9.84 Å². The molecule has 4 nitrogen and oxygen atoms in total. The van der Waals surface area contributed by atoms with Crippen molar-refractivity contribution < 1.29 is 8.42 Å². The van der Waals surface area contributed by atoms with E-state index in [0.29, 0.717) is 17.0 Å². The standard InChI is InChI=1S/C15H24N2O2S/c1-12(16-2)13-8-6-7-11-17(13)14-9-4-5-10-15(14)20(3,18)19/h4-5,9-10,12-13,16H,6-8,11H2,1-3H3. The molecule has 2 rings (SSSR count). The molecule has 1 aromatic rings. The van der Waals surface area contributed by atoms with Gasteiger partial charge in [0.1, 0.15) is 0 Å². The predicted octanol–water partition coefficient (Wildman–Crippen LogP) is 2.06. The van der Waals surface area contributed by atoms with Crippen LogP contribution in [0.25, 0.3) is 0 Å². The van der Waals surface area contributed by atoms with Crippen molar-refractivity contribution in [3.8, 4) is 0 Å². The van der Waals surface area contributed by atoms with Crippen LogP contribution in [0.5, 0.6) is 0 Å². The Morgan fingerprint density at radius 3 is 2.65 bits per heavy atom. The maximum Gasteiger partial charge on any atom is 0.177 e. The Kier molecular flexibility index (Phi) is 4.70. The zero-order valence-electron chi connectivity index (χ0n) is 12.5. The minimum Gasteiger partial charge on any atom is -0.366 e. The van der Waals surface area contributed by atoms with Crippen LogP contribution in [0.3, 0.4) is 0 Å². The fourth-order valence-electron chi connectivity index (χ4n) is 2.98. The second-order valence-corrected chi connectivity index (χ2v) is 7.56. The molecule has 0 bridgehead atoms. The summed E-state index contributed by atoms with van der Waals surface area (Å²) in [7, 11) is -1.24. The molecule has 0 aliphatic carbocycles. The lowest BCUT2D eigenvalue weighted by Gasteiger charge is -2.41. The molecule has 2 unspecified atom stereocenters. The molecule has 0 radical (unpaired) electrons. The molecule has 1 N–H and O–H groups in total. The lowest BCUT2D eigenvalue weighted by Crippen LogP contribution is -2.50. The molecule has 1 heterocycles. The molecule has 0 spiro atoms. The van der Waals surface area contributed by atoms with Crippen molar-refractivity contribution in [2.24, 2.45) is 0 Å². The van der Waals surface area contributed by atoms with Gasteiger partial charge in [-0.15, -0.1) is 0 Å². The summed E-state index contributed by atoms with van der Waals surface area (Å²) in [5.41, 5.74) is 0.849. The fraction of sp³-hybridized carbons (Fsp3) is 0.600. The van der Waals surface area contributed by atoms with Crippen LogP contribution in [0.1, 0.15) is 26.2 Å². The molecule has 0 saturated carbocycles. The molecule has 112 valence electrons. The second-order valence-electron chi connectivity index (χ2n) is 5.57. The van der Waals surface area contributed by atoms with E-state index in [4.69, 9.17) is 0 Å². The zero-order chi connectivity index (χ0) is 14.8. The summed E-state index contributed by atoms with van der Waals surface area (Å²) in [4.78, 5) is 2.70. The van der Waals surface area contributed by atoms with Crippen molar-refractivity contribution in [1.82, 2.24) is 5.32 Å². The minimum atomic E-state index is -3.20. The van der Waals surface area contributed by atoms with Crippen molar-refractivity contribution in [2.45, 2.75) is 43.2 Å². The summed E-state index contributed by atoms with van der Waals surface area (Å²) in [5, 5.41) is 3.30. The molecular weight excluding hydrogens is 272 g/mol. The zero-order valence-corrected chi connectivity index (χ0v) is 13.3. The first-order valence-electron chi connectivity index (χ1n) is 7.18. The average Bonchev–Trinajstić information content (AvgIpc) is 2.45. The summed E-state index contributed by atoms with van der Waals surface area (Å²) in [6, 6.07) is 8.02. The molecule has 5 heteroatoms. The van der Waals surface area contributed by atoms with Crippen LogP contribution in [-0.2, 0) is 9.84 Å². The van der Waals surface area contributed by atoms with Crippen molar-refractivity contribution in [3.05, 3.63) is 24.3 Å². The average molecular weight is 296 g/mol. The van der Waals surface area contributed by atoms with Crippen LogP contribution in [0.4, 0.5) is 5.69 Å². The van der Waals surface area contributed by atoms with E-state index < -0.39 is 9.84 Å². The van der Waals surface area contributed by atoms with Crippen molar-refractivity contribution >= 4 is 15.5 Å². The van der Waals surface area contributed by atoms with Crippen molar-refractivity contribution in [3.63, 3.8) is 0 Å². The van der Waals surface area contributed by atoms with E-state index in [9.17, 15) is 8.42 Å². The summed E-state index contributed by atoms with van der Waals surface area (Å²) in [6.07, 6.45) is 4.70. The predicted molar refractivity (Wildman–Crippen MR) is 83.1 cm³/mol. The first-order valence-corrected chi connectivity index (χ1v) is 9.07. The number of para-hydroxylation sites is 1. The van der Waals surface area contributed by atoms with Gasteiger partial charge < -0.3 is 10.2 Å². The van der Waals surface area contributed by atoms with Crippen LogP contribution >= 0.6 is 0 Å². The normalized spacial score (nSPS) is 21.8. The Labute approximate surface area is 122 Å². The molecule has 1 aromatic carbocycles. The van der Waals surface area contributed by atoms with Crippen LogP contribution in [-0.4, -0.2) is 40.3 Å². The highest BCUT2D eigenvalue weighted by atomic mass is 32.2. The third-order valence-corrected chi connectivity index (χ3v) is 5.30. The van der Waals surface area contributed by atoms with Crippen LogP contribution < -0.4 is 10.2 Å². The number of sulfone groups is 1. The fourth-order valence-corrected chi connectivity index (χ4v) is 3.87. The lowest BCUT2D eigenvalue weighted by molar-refractivity contribution is 0.381. The highest BCUT2D eigenvalue weighted by molar-refractivity contribution is 7.90. The van der Waals surface area contributed by atoms with Gasteiger partial charge >= 0.3 is 0 Å². The maximum atomic E-state index is 12.0. The Balaban J connectivity index is 2.43. The van der Waals surface area contributed by atoms with E-state index in [1.165, 1.54) is 12.7 Å². The number of anilines is 1. The minimum absolute atomic E-state index is 0.336. The summed E-state index contributed by atoms with van der Waals surface area (Å²) in [5.74, 6) is 0. The number of likely N-dealkylation sites (N-methyl/N-ethyl adjacent to an activating group) is 1. The van der Waals surface area contributed by atoms with Gasteiger partial charge in [0.2, 0.25) is 0 Å². The van der Waals surface area contributed by atoms with E-state index in [0.717, 1.165) is 25.1 Å². The monoisotopic (exact) mass is 296 g/mol. The van der Waals surface area contributed by atoms with E-state index >= 15 is 0 Å². The third-order valence-electron chi connectivity index (χ3n) is 4.16. The lowest BCUT2D eigenvalue weighted by atomic mass is 9.96. The molecule has 1 saturated heterocycles. The van der Waals surface area contributed by atoms with Gasteiger partial charge in [0, 0.05) is 24.9 Å². The van der Waals surface area contributed by atoms with E-state index in [1.807, 2.05) is 19.2 Å². The third kappa shape index (κ3) is 3.15. The Morgan fingerprint density at radius 1 is 1.30 bits per heavy atom. The van der Waals surface area contributed by atoms with Gasteiger partial charge in [-0.25, -0.2) is 8.42 Å². The maximum absolute atomic E-state index is 12.0. The molecule has 0 aromatic heterocycles. The number of nitrogens with zero attached hydrogens (tertiary/aromatic N) is 1. The Bertz CT molecular complexity index is 557. The number of nitrogens with one attached hydrogen (secondary N) is 1. The first kappa shape index (κ1) is 15.3. The van der Waals surface area contributed by atoms with Gasteiger partial charge in [-0.05, 0) is 45.4 Å². The molecule has 1 aliphatic rings. The number of piperidine rings is 1. The quantitative estimate of drug-likeness (QED) is 0.924. The highest BCUT2D eigenvalue weighted by Gasteiger charge is 2.29. The van der Waals surface area contributed by atoms with Gasteiger partial charge in [-0.2, -0.15) is 0 Å². The molecular formula is C15H24N2O2S. The molecule has 1 aliphatic heterocycles. The van der Waals surface area contributed by atoms with Crippen molar-refractivity contribution in [2.75, 3.05) is 24.7 Å². The van der Waals surface area contributed by atoms with Crippen molar-refractivity contribution in [1.29, 1.82) is 0 Å². The molecule has 1 fully saturated rings. The molecule has 0 amide bonds. The molecule has 2 atom stereocenters. The first-order chi connectivity index (χ1) is 9.45. The van der Waals surface area contributed by atoms with Crippen LogP contribution in [0, 0.1) is 0 Å². The number of rotatable bonds is 4. The van der Waals surface area contributed by atoms with Gasteiger partial charge in [-0.3, -0.25) is 0 Å². The topological polar surface area (TPSA) is 49.4 Å². The molecule has 20 heavy (non-hydrogen) atoms. The second kappa shape index (κ2) is 6.14. The van der Waals surface area contributed by atoms with E-state index in [2.05, 4.69) is 17.1 Å². The number of benzene rings is 1. The summed E-state index contributed by atoms with van der Waals surface area (Å²) in [6.45, 7) is 3.08. The largest absolute Gasteiger partial charge is 0.366 e. The highest BCUT2D eigenvalue weighted by Crippen LogP contribution is 2.31. The number of hydrogen-bond acceptors (Lipinski definition) is 4. The summed E-state index contributed by atoms with van der Waals surface area (Å²) < 4.78 is 24.0. The van der Waals surface area contributed by atoms with Gasteiger partial charge in [-0.1, -0.05) is 12.1 Å². The van der Waals surface area contributed by atoms with E-state index in [1.54, 1.807) is 12.1 Å². The smallest absolute Gasteiger partial charge is 0.177 e. The van der Waals surface area contributed by atoms with E-state index in [-0.39, 0.29) is 0 Å². The number of hydrogen-bond donors (Lipinski definition) is 1. The Morgan fingerprint density at radius 2 is 2.00 bits per heavy atom. The van der Waals surface area contributed by atoms with Crippen LogP contribution in [0.15, 0.2) is 29.2 Å². The SMILES string of the molecule is CNC(C)C1CCCCN1c1ccccc1S(C)(=O)=O. The Hall–Kier alpha value is -1.07. The van der Waals surface area contributed by atoms with Gasteiger partial charge in [0.25, 0.3) is 0 Å². The van der Waals surface area contributed by atoms with Gasteiger partial charge in [0.05, 0.1) is 10.6 Å².